The van der Waals surface area contributed by atoms with E-state index in [1.54, 1.807) is 18.2 Å². The monoisotopic (exact) mass is 1580 g/mol. The van der Waals surface area contributed by atoms with Crippen molar-refractivity contribution in [2.75, 3.05) is 12.9 Å². The van der Waals surface area contributed by atoms with Crippen molar-refractivity contribution in [1.82, 2.24) is 0 Å². The minimum absolute atomic E-state index is 0.0220. The first-order valence-electron chi connectivity index (χ1n) is 36.9. The molecule has 4 fully saturated rings. The van der Waals surface area contributed by atoms with Gasteiger partial charge in [0, 0.05) is 30.3 Å². The summed E-state index contributed by atoms with van der Waals surface area (Å²) in [4.78, 5) is 25.2. The average Bonchev–Trinajstić information content (AvgIpc) is 0.753. The van der Waals surface area contributed by atoms with Crippen molar-refractivity contribution >= 4 is 59.7 Å². The first kappa shape index (κ1) is 82.4. The molecule has 0 saturated heterocycles. The van der Waals surface area contributed by atoms with E-state index in [2.05, 4.69) is 187 Å². The Bertz CT molecular complexity index is 4700. The topological polar surface area (TPSA) is 78.9 Å². The van der Waals surface area contributed by atoms with Crippen molar-refractivity contribution in [2.45, 2.75) is 190 Å². The number of carbonyl (C=O) groups is 1. The van der Waals surface area contributed by atoms with E-state index in [1.165, 1.54) is 80.8 Å². The first-order chi connectivity index (χ1) is 52.2. The van der Waals surface area contributed by atoms with Gasteiger partial charge in [-0.1, -0.05) is 181 Å². The van der Waals surface area contributed by atoms with Gasteiger partial charge in [0.25, 0.3) is 0 Å². The molecule has 11 aromatic rings. The lowest BCUT2D eigenvalue weighted by Crippen LogP contribution is -2.53. The van der Waals surface area contributed by atoms with E-state index in [0.717, 1.165) is 84.4 Å². The highest BCUT2D eigenvalue weighted by molar-refractivity contribution is 7.98. The molecular weight excluding hydrogens is 1490 g/mol. The minimum Gasteiger partial charge on any atom is -0.481 e. The highest BCUT2D eigenvalue weighted by Gasteiger charge is 2.54. The lowest BCUT2D eigenvalue weighted by atomic mass is 9.54. The quantitative estimate of drug-likeness (QED) is 0.0297. The number of esters is 1. The molecule has 0 amide bonds. The molecule has 0 spiro atoms. The zero-order valence-electron chi connectivity index (χ0n) is 64.0. The molecule has 6 nitrogen and oxygen atoms in total. The van der Waals surface area contributed by atoms with E-state index in [9.17, 15) is 39.6 Å². The highest BCUT2D eigenvalue weighted by Crippen LogP contribution is 2.57. The van der Waals surface area contributed by atoms with Crippen molar-refractivity contribution in [3.8, 4) is 11.5 Å². The second kappa shape index (κ2) is 35.4. The molecule has 0 radical (unpaired) electrons. The first-order valence-corrected chi connectivity index (χ1v) is 43.6. The Kier molecular flexibility index (Phi) is 26.5. The number of hydrogen-bond donors (Lipinski definition) is 0. The number of aryl methyl sites for hydroxylation is 4. The van der Waals surface area contributed by atoms with Gasteiger partial charge in [-0.25, -0.2) is 4.79 Å². The van der Waals surface area contributed by atoms with E-state index in [1.807, 2.05) is 121 Å². The van der Waals surface area contributed by atoms with Crippen LogP contribution in [-0.4, -0.2) is 38.4 Å². The summed E-state index contributed by atoms with van der Waals surface area (Å²) >= 11 is 0. The Hall–Kier alpha value is -8.58. The van der Waals surface area contributed by atoms with Crippen molar-refractivity contribution in [3.63, 3.8) is 0 Å². The van der Waals surface area contributed by atoms with Crippen LogP contribution in [0.25, 0.3) is 0 Å². The molecule has 4 saturated carbocycles. The van der Waals surface area contributed by atoms with Crippen LogP contribution in [0.1, 0.15) is 119 Å². The molecule has 0 heterocycles. The smallest absolute Gasteiger partial charge is 0.481 e. The van der Waals surface area contributed by atoms with Crippen molar-refractivity contribution in [2.24, 2.45) is 17.8 Å². The molecule has 0 atom stereocenters. The average molecular weight is 1580 g/mol. The third-order valence-electron chi connectivity index (χ3n) is 19.9. The van der Waals surface area contributed by atoms with Crippen LogP contribution in [0, 0.1) is 45.4 Å². The molecule has 110 heavy (non-hydrogen) atoms. The van der Waals surface area contributed by atoms with Crippen LogP contribution in [0.2, 0.25) is 0 Å². The number of alkyl halides is 6. The molecule has 15 rings (SSSR count). The Morgan fingerprint density at radius 3 is 0.982 bits per heavy atom. The van der Waals surface area contributed by atoms with Crippen LogP contribution in [0.15, 0.2) is 333 Å². The summed E-state index contributed by atoms with van der Waals surface area (Å²) in [6.07, 6.45) is 5.16. The van der Waals surface area contributed by atoms with Gasteiger partial charge in [-0.3, -0.25) is 0 Å². The summed E-state index contributed by atoms with van der Waals surface area (Å²) in [6.45, 7) is 20.8. The van der Waals surface area contributed by atoms with Gasteiger partial charge in [0.15, 0.2) is 60.5 Å². The lowest BCUT2D eigenvalue weighted by molar-refractivity contribution is -0.188. The SMILES string of the molecule is C[S+](c1ccc(C(C)(C)C)cc1)c1ccc(C(C)(C)C)cc1.Cc1cc([S+](c2ccccc2)c2ccccc2)cc(C)c1OCC(=O)OC12CC3CC(CC(C3)C1)C2.Cc1cc([S+](c2ccccc2)c2ccccc2)cc(C)c1OS(=O)(=O)C(F)(F)F.FC(F)(F)c1cccc([S+](c2ccccc2)c2ccccc2)c1. The summed E-state index contributed by atoms with van der Waals surface area (Å²) in [5.41, 5.74) is -0.333. The van der Waals surface area contributed by atoms with Gasteiger partial charge in [-0.2, -0.15) is 34.8 Å². The molecule has 4 aliphatic rings. The van der Waals surface area contributed by atoms with Gasteiger partial charge < -0.3 is 13.7 Å². The molecule has 0 unspecified atom stereocenters. The minimum atomic E-state index is -5.73. The fourth-order valence-corrected chi connectivity index (χ4v) is 23.5. The van der Waals surface area contributed by atoms with Crippen molar-refractivity contribution in [1.29, 1.82) is 0 Å². The van der Waals surface area contributed by atoms with E-state index < -0.39 is 49.2 Å². The maximum Gasteiger partial charge on any atom is 0.534 e. The van der Waals surface area contributed by atoms with Gasteiger partial charge in [0.1, 0.15) is 23.4 Å². The standard InChI is InChI=1S/C32H35O3S.C21H18F3O3S2.C21H29S.C19H14F3S/c1-22-13-29(36(27-9-5-3-6-10-27)28-11-7-4-8-12-28)14-23(2)31(22)34-21-30(33)35-32-18-24-15-25(19-32)17-26(16-24)20-32;1-15-13-19(14-16(2)20(15)27-29(25,26)21(22,23)24)28(17-9-5-3-6-10-17)18-11-7-4-8-12-18;1-20(2,3)16-8-12-18(13-9-16)22(7)19-14-10-17(11-15-19)21(4,5)6;20-19(21,22)15-8-7-13-18(14-15)23(16-9-3-1-4-10-16)17-11-5-2-6-12-17/h3-14,24-26H,15-21H2,1-2H3;3-14H,1-2H3;8-15H,1-7H3;1-14H/q4*+1. The van der Waals surface area contributed by atoms with Gasteiger partial charge >= 0.3 is 27.8 Å². The van der Waals surface area contributed by atoms with Gasteiger partial charge in [0.05, 0.1) is 49.1 Å². The van der Waals surface area contributed by atoms with Crippen LogP contribution in [0.4, 0.5) is 26.3 Å². The second-order valence-electron chi connectivity index (χ2n) is 30.5. The summed E-state index contributed by atoms with van der Waals surface area (Å²) < 4.78 is 117. The Morgan fingerprint density at radius 2 is 0.682 bits per heavy atom. The van der Waals surface area contributed by atoms with Crippen LogP contribution in [0.5, 0.6) is 11.5 Å². The molecule has 572 valence electrons. The number of carbonyl (C=O) groups excluding carboxylic acids is 1. The fourth-order valence-electron chi connectivity index (χ4n) is 14.9. The number of halogens is 6. The maximum absolute atomic E-state index is 13.0. The van der Waals surface area contributed by atoms with E-state index in [4.69, 9.17) is 9.47 Å². The summed E-state index contributed by atoms with van der Waals surface area (Å²) in [5.74, 6) is 2.55. The van der Waals surface area contributed by atoms with Gasteiger partial charge in [0.2, 0.25) is 0 Å². The number of rotatable bonds is 17. The van der Waals surface area contributed by atoms with E-state index in [0.29, 0.717) is 16.0 Å². The summed E-state index contributed by atoms with van der Waals surface area (Å²) in [5, 5.41) is 0. The molecule has 4 bridgehead atoms. The van der Waals surface area contributed by atoms with Crippen molar-refractivity contribution in [3.05, 3.63) is 318 Å². The highest BCUT2D eigenvalue weighted by atomic mass is 32.2. The summed E-state index contributed by atoms with van der Waals surface area (Å²) in [6, 6.07) is 91.7. The molecule has 4 aliphatic carbocycles. The Balaban J connectivity index is 0.000000149. The van der Waals surface area contributed by atoms with Crippen LogP contribution < -0.4 is 8.92 Å². The second-order valence-corrected chi connectivity index (χ2v) is 40.1. The molecule has 17 heteroatoms. The van der Waals surface area contributed by atoms with Crippen LogP contribution >= 0.6 is 0 Å². The summed E-state index contributed by atoms with van der Waals surface area (Å²) in [7, 11) is -6.88. The predicted octanol–water partition coefficient (Wildman–Crippen LogP) is 24.7. The van der Waals surface area contributed by atoms with E-state index in [-0.39, 0.29) is 56.5 Å². The Morgan fingerprint density at radius 1 is 0.382 bits per heavy atom. The molecule has 11 aromatic carbocycles. The molecular formula is C93H96F6O6S5+4. The van der Waals surface area contributed by atoms with Gasteiger partial charge in [-0.05, 0) is 237 Å². The zero-order chi connectivity index (χ0) is 78.8. The molecule has 0 aromatic heterocycles. The van der Waals surface area contributed by atoms with Crippen LogP contribution in [-0.2, 0) is 80.2 Å². The third-order valence-corrected chi connectivity index (χ3v) is 29.4. The lowest BCUT2D eigenvalue weighted by Gasteiger charge is -2.55. The maximum atomic E-state index is 13.0. The third kappa shape index (κ3) is 20.9. The fraction of sp³-hybridized carbons (Fsp3) is 0.280. The zero-order valence-corrected chi connectivity index (χ0v) is 68.1. The largest absolute Gasteiger partial charge is 0.534 e. The number of benzene rings is 11. The number of hydrogen-bond acceptors (Lipinski definition) is 6. The Labute approximate surface area is 658 Å². The van der Waals surface area contributed by atoms with E-state index >= 15 is 0 Å². The van der Waals surface area contributed by atoms with Crippen LogP contribution in [0.3, 0.4) is 0 Å². The van der Waals surface area contributed by atoms with Crippen molar-refractivity contribution < 1.29 is 53.2 Å². The predicted molar refractivity (Wildman–Crippen MR) is 437 cm³/mol. The molecule has 0 aliphatic heterocycles. The number of ether oxygens (including phenoxy) is 2. The molecule has 0 N–H and O–H groups in total. The van der Waals surface area contributed by atoms with Gasteiger partial charge in [-0.15, -0.1) is 0 Å². The normalized spacial score (nSPS) is 16.8.